The molecule has 0 spiro atoms. The summed E-state index contributed by atoms with van der Waals surface area (Å²) in [5.41, 5.74) is 1.14. The van der Waals surface area contributed by atoms with Crippen molar-refractivity contribution in [3.8, 4) is 11.8 Å². The third-order valence-electron chi connectivity index (χ3n) is 3.65. The number of amides is 1. The van der Waals surface area contributed by atoms with E-state index < -0.39 is 0 Å². The number of carbonyl (C=O) groups is 1. The van der Waals surface area contributed by atoms with Crippen molar-refractivity contribution in [1.82, 2.24) is 14.7 Å². The highest BCUT2D eigenvalue weighted by Gasteiger charge is 2.16. The standard InChI is InChI=1S/C18H23N5O/c1-14(2)9-10-22(3)13-17(24)21-18-15(11-19)12-20-23(18)16-7-5-4-6-8-16/h4-8,12,14H,9-10,13H2,1-3H3,(H,21,24). The Balaban J connectivity index is 2.10. The predicted octanol–water partition coefficient (Wildman–Crippen LogP) is 2.66. The Morgan fingerprint density at radius 3 is 2.71 bits per heavy atom. The van der Waals surface area contributed by atoms with Gasteiger partial charge in [0.1, 0.15) is 11.6 Å². The third-order valence-corrected chi connectivity index (χ3v) is 3.65. The van der Waals surface area contributed by atoms with Gasteiger partial charge in [0, 0.05) is 0 Å². The second-order valence-electron chi connectivity index (χ2n) is 6.23. The smallest absolute Gasteiger partial charge is 0.239 e. The van der Waals surface area contributed by atoms with Crippen LogP contribution < -0.4 is 5.32 Å². The van der Waals surface area contributed by atoms with E-state index in [0.29, 0.717) is 17.3 Å². The molecule has 0 atom stereocenters. The minimum atomic E-state index is -0.157. The molecule has 6 heteroatoms. The van der Waals surface area contributed by atoms with Crippen molar-refractivity contribution in [2.45, 2.75) is 20.3 Å². The van der Waals surface area contributed by atoms with Crippen LogP contribution in [0.3, 0.4) is 0 Å². The first-order valence-corrected chi connectivity index (χ1v) is 8.03. The van der Waals surface area contributed by atoms with E-state index in [1.165, 1.54) is 6.20 Å². The van der Waals surface area contributed by atoms with E-state index in [1.54, 1.807) is 4.68 Å². The molecule has 6 nitrogen and oxygen atoms in total. The molecule has 0 saturated heterocycles. The Kier molecular flexibility index (Phi) is 6.10. The summed E-state index contributed by atoms with van der Waals surface area (Å²) in [6.07, 6.45) is 2.50. The molecule has 0 unspecified atom stereocenters. The summed E-state index contributed by atoms with van der Waals surface area (Å²) in [6.45, 7) is 5.45. The Morgan fingerprint density at radius 2 is 2.08 bits per heavy atom. The van der Waals surface area contributed by atoms with Crippen LogP contribution in [0.25, 0.3) is 5.69 Å². The molecule has 1 amide bonds. The fourth-order valence-electron chi connectivity index (χ4n) is 2.29. The van der Waals surface area contributed by atoms with Gasteiger partial charge >= 0.3 is 0 Å². The lowest BCUT2D eigenvalue weighted by molar-refractivity contribution is -0.117. The van der Waals surface area contributed by atoms with Crippen LogP contribution in [0.1, 0.15) is 25.8 Å². The Labute approximate surface area is 142 Å². The molecular formula is C18H23N5O. The number of para-hydroxylation sites is 1. The Morgan fingerprint density at radius 1 is 1.38 bits per heavy atom. The van der Waals surface area contributed by atoms with Crippen LogP contribution in [0.5, 0.6) is 0 Å². The lowest BCUT2D eigenvalue weighted by Gasteiger charge is -2.17. The van der Waals surface area contributed by atoms with Crippen molar-refractivity contribution < 1.29 is 4.79 Å². The van der Waals surface area contributed by atoms with Gasteiger partial charge in [0.15, 0.2) is 5.82 Å². The molecule has 1 N–H and O–H groups in total. The number of hydrogen-bond acceptors (Lipinski definition) is 4. The van der Waals surface area contributed by atoms with Crippen LogP contribution in [0.4, 0.5) is 5.82 Å². The van der Waals surface area contributed by atoms with Gasteiger partial charge in [-0.2, -0.15) is 10.4 Å². The normalized spacial score (nSPS) is 10.8. The van der Waals surface area contributed by atoms with Gasteiger partial charge in [-0.3, -0.25) is 9.69 Å². The first-order chi connectivity index (χ1) is 11.5. The number of likely N-dealkylation sites (N-methyl/N-ethyl adjacent to an activating group) is 1. The molecule has 0 bridgehead atoms. The van der Waals surface area contributed by atoms with Crippen LogP contribution in [-0.2, 0) is 4.79 Å². The van der Waals surface area contributed by atoms with Crippen molar-refractivity contribution >= 4 is 11.7 Å². The summed E-state index contributed by atoms with van der Waals surface area (Å²) < 4.78 is 1.57. The molecule has 0 radical (unpaired) electrons. The molecule has 0 aliphatic heterocycles. The largest absolute Gasteiger partial charge is 0.308 e. The topological polar surface area (TPSA) is 74.0 Å². The fourth-order valence-corrected chi connectivity index (χ4v) is 2.29. The molecule has 0 saturated carbocycles. The van der Waals surface area contributed by atoms with Gasteiger partial charge < -0.3 is 5.32 Å². The third kappa shape index (κ3) is 4.67. The molecule has 0 aliphatic rings. The van der Waals surface area contributed by atoms with Gasteiger partial charge in [0.2, 0.25) is 5.91 Å². The van der Waals surface area contributed by atoms with E-state index in [4.69, 9.17) is 0 Å². The number of carbonyl (C=O) groups excluding carboxylic acids is 1. The van der Waals surface area contributed by atoms with Crippen molar-refractivity contribution in [2.75, 3.05) is 25.5 Å². The molecular weight excluding hydrogens is 302 g/mol. The van der Waals surface area contributed by atoms with E-state index >= 15 is 0 Å². The summed E-state index contributed by atoms with van der Waals surface area (Å²) in [7, 11) is 1.92. The van der Waals surface area contributed by atoms with E-state index in [2.05, 4.69) is 30.3 Å². The summed E-state index contributed by atoms with van der Waals surface area (Å²) in [4.78, 5) is 14.3. The maximum absolute atomic E-state index is 12.3. The van der Waals surface area contributed by atoms with E-state index in [9.17, 15) is 10.1 Å². The second kappa shape index (κ2) is 8.27. The number of anilines is 1. The van der Waals surface area contributed by atoms with Crippen LogP contribution in [0.15, 0.2) is 36.5 Å². The molecule has 1 aromatic carbocycles. The van der Waals surface area contributed by atoms with E-state index in [0.717, 1.165) is 18.7 Å². The van der Waals surface area contributed by atoms with Gasteiger partial charge in [0.05, 0.1) is 18.4 Å². The monoisotopic (exact) mass is 325 g/mol. The predicted molar refractivity (Wildman–Crippen MR) is 93.9 cm³/mol. The van der Waals surface area contributed by atoms with Crippen LogP contribution in [-0.4, -0.2) is 40.7 Å². The number of nitriles is 1. The van der Waals surface area contributed by atoms with Crippen molar-refractivity contribution in [3.63, 3.8) is 0 Å². The summed E-state index contributed by atoms with van der Waals surface area (Å²) in [5, 5.41) is 16.3. The molecule has 0 aliphatic carbocycles. The van der Waals surface area contributed by atoms with Gasteiger partial charge in [-0.25, -0.2) is 4.68 Å². The number of nitrogens with one attached hydrogen (secondary N) is 1. The molecule has 0 fully saturated rings. The average Bonchev–Trinajstić information content (AvgIpc) is 2.96. The highest BCUT2D eigenvalue weighted by molar-refractivity contribution is 5.92. The van der Waals surface area contributed by atoms with Gasteiger partial charge in [-0.05, 0) is 38.1 Å². The lowest BCUT2D eigenvalue weighted by Crippen LogP contribution is -2.32. The van der Waals surface area contributed by atoms with Gasteiger partial charge in [0.25, 0.3) is 0 Å². The SMILES string of the molecule is CC(C)CCN(C)CC(=O)Nc1c(C#N)cnn1-c1ccccc1. The first kappa shape index (κ1) is 17.7. The minimum absolute atomic E-state index is 0.157. The number of rotatable bonds is 7. The summed E-state index contributed by atoms with van der Waals surface area (Å²) >= 11 is 0. The number of nitrogens with zero attached hydrogens (tertiary/aromatic N) is 4. The van der Waals surface area contributed by atoms with Gasteiger partial charge in [-0.15, -0.1) is 0 Å². The highest BCUT2D eigenvalue weighted by atomic mass is 16.2. The molecule has 2 rings (SSSR count). The maximum atomic E-state index is 12.3. The molecule has 1 aromatic heterocycles. The Hall–Kier alpha value is -2.65. The van der Waals surface area contributed by atoms with Gasteiger partial charge in [-0.1, -0.05) is 32.0 Å². The van der Waals surface area contributed by atoms with E-state index in [-0.39, 0.29) is 12.5 Å². The van der Waals surface area contributed by atoms with Crippen molar-refractivity contribution in [3.05, 3.63) is 42.1 Å². The average molecular weight is 325 g/mol. The maximum Gasteiger partial charge on any atom is 0.239 e. The number of hydrogen-bond donors (Lipinski definition) is 1. The van der Waals surface area contributed by atoms with Crippen molar-refractivity contribution in [1.29, 1.82) is 5.26 Å². The lowest BCUT2D eigenvalue weighted by atomic mass is 10.1. The second-order valence-corrected chi connectivity index (χ2v) is 6.23. The van der Waals surface area contributed by atoms with Crippen LogP contribution in [0.2, 0.25) is 0 Å². The number of benzene rings is 1. The Bertz CT molecular complexity index is 715. The fraction of sp³-hybridized carbons (Fsp3) is 0.389. The number of aromatic nitrogens is 2. The van der Waals surface area contributed by atoms with E-state index in [1.807, 2.05) is 42.3 Å². The molecule has 24 heavy (non-hydrogen) atoms. The highest BCUT2D eigenvalue weighted by Crippen LogP contribution is 2.19. The molecule has 1 heterocycles. The molecule has 2 aromatic rings. The summed E-state index contributed by atoms with van der Waals surface area (Å²) in [6, 6.07) is 11.5. The molecule has 126 valence electrons. The zero-order chi connectivity index (χ0) is 17.5. The zero-order valence-electron chi connectivity index (χ0n) is 14.4. The first-order valence-electron chi connectivity index (χ1n) is 8.03. The quantitative estimate of drug-likeness (QED) is 0.849. The van der Waals surface area contributed by atoms with Crippen molar-refractivity contribution in [2.24, 2.45) is 5.92 Å². The zero-order valence-corrected chi connectivity index (χ0v) is 14.4. The summed E-state index contributed by atoms with van der Waals surface area (Å²) in [5.74, 6) is 0.849. The minimum Gasteiger partial charge on any atom is -0.308 e. The van der Waals surface area contributed by atoms with Crippen LogP contribution in [0, 0.1) is 17.2 Å². The van der Waals surface area contributed by atoms with Crippen LogP contribution >= 0.6 is 0 Å².